The summed E-state index contributed by atoms with van der Waals surface area (Å²) >= 11 is 0. The molecule has 37 heavy (non-hydrogen) atoms. The zero-order valence-corrected chi connectivity index (χ0v) is 23.3. The van der Waals surface area contributed by atoms with Gasteiger partial charge in [0.05, 0.1) is 13.2 Å². The predicted octanol–water partition coefficient (Wildman–Crippen LogP) is 3.88. The Morgan fingerprint density at radius 2 is 1.49 bits per heavy atom. The van der Waals surface area contributed by atoms with Gasteiger partial charge in [-0.25, -0.2) is 0 Å². The van der Waals surface area contributed by atoms with Crippen molar-refractivity contribution in [3.63, 3.8) is 0 Å². The van der Waals surface area contributed by atoms with Crippen LogP contribution in [0, 0.1) is 0 Å². The average molecular weight is 540 g/mol. The van der Waals surface area contributed by atoms with E-state index in [-0.39, 0.29) is 19.4 Å². The minimum Gasteiger partial charge on any atom is -0.774 e. The van der Waals surface area contributed by atoms with Gasteiger partial charge in [-0.2, -0.15) is 0 Å². The van der Waals surface area contributed by atoms with Crippen LogP contribution in [0.1, 0.15) is 71.6 Å². The van der Waals surface area contributed by atoms with Gasteiger partial charge in [0.25, 0.3) is 0 Å². The molecule has 0 aromatic rings. The Hall–Kier alpha value is -2.09. The highest BCUT2D eigenvalue weighted by Gasteiger charge is 2.27. The van der Waals surface area contributed by atoms with E-state index in [9.17, 15) is 24.2 Å². The van der Waals surface area contributed by atoms with E-state index in [4.69, 9.17) is 9.26 Å². The first kappa shape index (κ1) is 34.9. The van der Waals surface area contributed by atoms with Gasteiger partial charge in [0.1, 0.15) is 18.4 Å². The van der Waals surface area contributed by atoms with Gasteiger partial charge in [0.15, 0.2) is 13.9 Å². The maximum absolute atomic E-state index is 12.2. The number of carbonyl (C=O) groups is 2. The summed E-state index contributed by atoms with van der Waals surface area (Å²) in [6.07, 6.45) is 27.2. The fourth-order valence-corrected chi connectivity index (χ4v) is 4.51. The van der Waals surface area contributed by atoms with Crippen molar-refractivity contribution in [1.29, 1.82) is 0 Å². The van der Waals surface area contributed by atoms with E-state index < -0.39 is 38.7 Å². The van der Waals surface area contributed by atoms with Gasteiger partial charge in [-0.05, 0) is 44.9 Å². The van der Waals surface area contributed by atoms with Crippen LogP contribution < -0.4 is 10.2 Å². The number of nitrogens with two attached hydrogens (primary N) is 1. The minimum atomic E-state index is -4.29. The SMILES string of the molecule is CC/C=C\C/C=C\C/C=C\C/C=C\C/C=C\CCCC(=O)OC(CO)COP(=O)([O-])C(CC)[NH2+]CC=O. The van der Waals surface area contributed by atoms with Crippen LogP contribution in [0.5, 0.6) is 0 Å². The number of quaternary nitrogens is 1. The lowest BCUT2D eigenvalue weighted by molar-refractivity contribution is -0.663. The topological polar surface area (TPSA) is 130 Å². The van der Waals surface area contributed by atoms with Gasteiger partial charge < -0.3 is 29.1 Å². The van der Waals surface area contributed by atoms with Gasteiger partial charge in [-0.3, -0.25) is 9.59 Å². The molecule has 0 bridgehead atoms. The van der Waals surface area contributed by atoms with E-state index in [0.717, 1.165) is 32.1 Å². The molecule has 0 aliphatic carbocycles. The molecule has 0 aromatic carbocycles. The van der Waals surface area contributed by atoms with Gasteiger partial charge in [0, 0.05) is 12.8 Å². The second-order valence-corrected chi connectivity index (χ2v) is 10.3. The number of unbranched alkanes of at least 4 members (excludes halogenated alkanes) is 1. The molecule has 3 atom stereocenters. The summed E-state index contributed by atoms with van der Waals surface area (Å²) < 4.78 is 22.3. The van der Waals surface area contributed by atoms with E-state index in [1.807, 2.05) is 12.2 Å². The number of aliphatic hydroxyl groups excluding tert-OH is 1. The number of allylic oxidation sites excluding steroid dienone is 10. The van der Waals surface area contributed by atoms with Crippen LogP contribution in [0.15, 0.2) is 60.8 Å². The molecule has 0 heterocycles. The van der Waals surface area contributed by atoms with Crippen molar-refractivity contribution >= 4 is 19.9 Å². The molecule has 0 saturated heterocycles. The van der Waals surface area contributed by atoms with Crippen LogP contribution in [0.2, 0.25) is 0 Å². The second-order valence-electron chi connectivity index (χ2n) is 8.34. The molecule has 210 valence electrons. The van der Waals surface area contributed by atoms with Crippen molar-refractivity contribution in [1.82, 2.24) is 0 Å². The fourth-order valence-electron chi connectivity index (χ4n) is 3.12. The lowest BCUT2D eigenvalue weighted by Crippen LogP contribution is -2.90. The van der Waals surface area contributed by atoms with Crippen LogP contribution in [0.3, 0.4) is 0 Å². The number of aliphatic hydroxyl groups is 1. The number of rotatable bonds is 23. The molecule has 3 N–H and O–H groups in total. The summed E-state index contributed by atoms with van der Waals surface area (Å²) in [5.74, 6) is -1.42. The van der Waals surface area contributed by atoms with E-state index >= 15 is 0 Å². The number of hydrogen-bond donors (Lipinski definition) is 2. The molecular weight excluding hydrogens is 493 g/mol. The molecule has 9 heteroatoms. The lowest BCUT2D eigenvalue weighted by Gasteiger charge is -2.30. The number of aldehydes is 1. The van der Waals surface area contributed by atoms with Crippen molar-refractivity contribution in [3.05, 3.63) is 60.8 Å². The summed E-state index contributed by atoms with van der Waals surface area (Å²) in [6.45, 7) is 2.80. The molecule has 0 rings (SSSR count). The number of hydrogen-bond acceptors (Lipinski definition) is 7. The van der Waals surface area contributed by atoms with E-state index in [1.165, 1.54) is 5.32 Å². The van der Waals surface area contributed by atoms with Gasteiger partial charge in [-0.1, -0.05) is 74.6 Å². The van der Waals surface area contributed by atoms with Crippen LogP contribution in [0.4, 0.5) is 0 Å². The molecular formula is C28H46NO7P. The fraction of sp³-hybridized carbons (Fsp3) is 0.571. The van der Waals surface area contributed by atoms with Crippen molar-refractivity contribution < 1.29 is 38.7 Å². The smallest absolute Gasteiger partial charge is 0.306 e. The largest absolute Gasteiger partial charge is 0.774 e. The van der Waals surface area contributed by atoms with Crippen LogP contribution in [-0.2, 0) is 23.4 Å². The Morgan fingerprint density at radius 1 is 0.946 bits per heavy atom. The summed E-state index contributed by atoms with van der Waals surface area (Å²) in [4.78, 5) is 34.7. The number of esters is 1. The quantitative estimate of drug-likeness (QED) is 0.0663. The summed E-state index contributed by atoms with van der Waals surface area (Å²) in [5.41, 5.74) is 0. The Kier molecular flexibility index (Phi) is 22.9. The first-order valence-corrected chi connectivity index (χ1v) is 14.8. The molecule has 0 amide bonds. The highest BCUT2D eigenvalue weighted by atomic mass is 31.2. The lowest BCUT2D eigenvalue weighted by atomic mass is 10.2. The first-order chi connectivity index (χ1) is 17.9. The third-order valence-corrected chi connectivity index (χ3v) is 7.08. The highest BCUT2D eigenvalue weighted by Crippen LogP contribution is 2.41. The van der Waals surface area contributed by atoms with E-state index in [0.29, 0.717) is 19.1 Å². The molecule has 0 fully saturated rings. The molecule has 0 aliphatic rings. The van der Waals surface area contributed by atoms with Crippen LogP contribution in [-0.4, -0.2) is 49.0 Å². The molecule has 0 saturated carbocycles. The number of ether oxygens (including phenoxy) is 1. The highest BCUT2D eigenvalue weighted by molar-refractivity contribution is 7.51. The van der Waals surface area contributed by atoms with Gasteiger partial charge >= 0.3 is 5.97 Å². The zero-order chi connectivity index (χ0) is 27.6. The maximum Gasteiger partial charge on any atom is 0.306 e. The van der Waals surface area contributed by atoms with Crippen molar-refractivity contribution in [2.75, 3.05) is 19.8 Å². The van der Waals surface area contributed by atoms with Crippen molar-refractivity contribution in [3.8, 4) is 0 Å². The van der Waals surface area contributed by atoms with Gasteiger partial charge in [0.2, 0.25) is 0 Å². The Balaban J connectivity index is 4.03. The summed E-state index contributed by atoms with van der Waals surface area (Å²) in [5, 5.41) is 10.8. The van der Waals surface area contributed by atoms with E-state index in [1.54, 1.807) is 6.92 Å². The van der Waals surface area contributed by atoms with Crippen molar-refractivity contribution in [2.24, 2.45) is 0 Å². The normalized spacial score (nSPS) is 15.8. The molecule has 8 nitrogen and oxygen atoms in total. The third kappa shape index (κ3) is 20.6. The van der Waals surface area contributed by atoms with Gasteiger partial charge in [-0.15, -0.1) is 0 Å². The molecule has 3 unspecified atom stereocenters. The first-order valence-electron chi connectivity index (χ1n) is 13.2. The maximum atomic E-state index is 12.2. The third-order valence-electron chi connectivity index (χ3n) is 5.18. The van der Waals surface area contributed by atoms with Crippen LogP contribution in [0.25, 0.3) is 0 Å². The number of carbonyl (C=O) groups excluding carboxylic acids is 2. The predicted molar refractivity (Wildman–Crippen MR) is 146 cm³/mol. The minimum absolute atomic E-state index is 0.00436. The molecule has 0 aliphatic heterocycles. The molecule has 0 aromatic heterocycles. The van der Waals surface area contributed by atoms with E-state index in [2.05, 4.69) is 55.5 Å². The standard InChI is InChI=1S/C28H46NO7P/c1-3-5-6-7-8-9-10-11-12-13-14-15-16-17-18-19-20-21-28(32)36-26(24-31)25-35-37(33,34)27(4-2)29-22-23-30/h5-6,8-9,11-12,14-15,17-18,23,26-27,29,31H,3-4,7,10,13,16,19-22,24-25H2,1-2H3,(H,33,34)/b6-5-,9-8-,12-11-,15-14-,18-17-. The molecule has 0 radical (unpaired) electrons. The summed E-state index contributed by atoms with van der Waals surface area (Å²) in [7, 11) is -4.29. The average Bonchev–Trinajstić information content (AvgIpc) is 2.88. The van der Waals surface area contributed by atoms with Crippen molar-refractivity contribution in [2.45, 2.75) is 83.5 Å². The Bertz CT molecular complexity index is 789. The van der Waals surface area contributed by atoms with Crippen LogP contribution >= 0.6 is 7.60 Å². The monoisotopic (exact) mass is 539 g/mol. The molecule has 0 spiro atoms. The Morgan fingerprint density at radius 3 is 1.97 bits per heavy atom. The zero-order valence-electron chi connectivity index (χ0n) is 22.4. The summed E-state index contributed by atoms with van der Waals surface area (Å²) in [6, 6.07) is 0. The Labute approximate surface area is 222 Å². The second kappa shape index (κ2) is 24.3.